The highest BCUT2D eigenvalue weighted by molar-refractivity contribution is 5.61. The molecule has 2 heterocycles. The first kappa shape index (κ1) is 29.2. The van der Waals surface area contributed by atoms with Gasteiger partial charge >= 0.3 is 0 Å². The average molecular weight is 563 g/mol. The number of nitrogens with one attached hydrogen (secondary N) is 1. The van der Waals surface area contributed by atoms with E-state index in [-0.39, 0.29) is 12.0 Å². The molecule has 1 saturated heterocycles. The number of hydrogen-bond donors (Lipinski definition) is 2. The van der Waals surface area contributed by atoms with Crippen LogP contribution in [0, 0.1) is 0 Å². The van der Waals surface area contributed by atoms with Crippen LogP contribution in [-0.4, -0.2) is 70.4 Å². The number of anilines is 1. The van der Waals surface area contributed by atoms with Crippen molar-refractivity contribution in [3.8, 4) is 23.0 Å². The number of aliphatic hydroxyl groups excluding tert-OH is 1. The molecule has 2 N–H and O–H groups in total. The smallest absolute Gasteiger partial charge is 0.142 e. The largest absolute Gasteiger partial charge is 0.493 e. The van der Waals surface area contributed by atoms with E-state index in [0.717, 1.165) is 72.4 Å². The molecule has 8 heteroatoms. The summed E-state index contributed by atoms with van der Waals surface area (Å²) in [6, 6.07) is 21.9. The second-order valence-corrected chi connectivity index (χ2v) is 10.6. The molecule has 220 valence electrons. The molecule has 5 rings (SSSR count). The molecule has 8 nitrogen and oxygen atoms in total. The number of aliphatic hydroxyl groups is 1. The van der Waals surface area contributed by atoms with Crippen molar-refractivity contribution in [2.75, 3.05) is 58.0 Å². The predicted molar refractivity (Wildman–Crippen MR) is 160 cm³/mol. The number of β-amino-alcohol motifs (C(OH)–C–C–N with tert-alkyl or cyclic N) is 1. The Bertz CT molecular complexity index is 1240. The van der Waals surface area contributed by atoms with Crippen molar-refractivity contribution in [1.82, 2.24) is 5.32 Å². The van der Waals surface area contributed by atoms with Gasteiger partial charge in [0.15, 0.2) is 0 Å². The van der Waals surface area contributed by atoms with Gasteiger partial charge in [0.1, 0.15) is 29.6 Å². The molecule has 0 unspecified atom stereocenters. The summed E-state index contributed by atoms with van der Waals surface area (Å²) in [6.45, 7) is 7.61. The third kappa shape index (κ3) is 7.71. The van der Waals surface area contributed by atoms with Crippen molar-refractivity contribution >= 4 is 5.69 Å². The van der Waals surface area contributed by atoms with Crippen molar-refractivity contribution < 1.29 is 28.8 Å². The molecular formula is C33H42N2O6. The highest BCUT2D eigenvalue weighted by atomic mass is 16.5. The molecule has 0 spiro atoms. The first-order valence-corrected chi connectivity index (χ1v) is 14.6. The highest BCUT2D eigenvalue weighted by Crippen LogP contribution is 2.35. The van der Waals surface area contributed by atoms with Gasteiger partial charge in [0.2, 0.25) is 0 Å². The van der Waals surface area contributed by atoms with Gasteiger partial charge < -0.3 is 39.0 Å². The van der Waals surface area contributed by atoms with Crippen molar-refractivity contribution in [3.05, 3.63) is 77.9 Å². The lowest BCUT2D eigenvalue weighted by molar-refractivity contribution is -0.0328. The van der Waals surface area contributed by atoms with Crippen molar-refractivity contribution in [3.63, 3.8) is 0 Å². The Balaban J connectivity index is 1.23. The lowest BCUT2D eigenvalue weighted by Gasteiger charge is -2.36. The van der Waals surface area contributed by atoms with Gasteiger partial charge in [-0.2, -0.15) is 0 Å². The van der Waals surface area contributed by atoms with Crippen LogP contribution in [0.25, 0.3) is 0 Å². The van der Waals surface area contributed by atoms with Crippen LogP contribution in [0.3, 0.4) is 0 Å². The summed E-state index contributed by atoms with van der Waals surface area (Å²) in [5.41, 5.74) is 3.21. The summed E-state index contributed by atoms with van der Waals surface area (Å²) < 4.78 is 29.4. The molecule has 41 heavy (non-hydrogen) atoms. The fourth-order valence-corrected chi connectivity index (χ4v) is 5.46. The molecule has 0 saturated carbocycles. The Labute approximate surface area is 243 Å². The van der Waals surface area contributed by atoms with Crippen LogP contribution >= 0.6 is 0 Å². The minimum Gasteiger partial charge on any atom is -0.493 e. The minimum absolute atomic E-state index is 0.150. The van der Waals surface area contributed by atoms with Gasteiger partial charge in [-0.25, -0.2) is 0 Å². The molecule has 0 radical (unpaired) electrons. The van der Waals surface area contributed by atoms with E-state index in [1.807, 2.05) is 54.6 Å². The number of methoxy groups -OCH3 is 1. The second-order valence-electron chi connectivity index (χ2n) is 10.6. The Hall–Kier alpha value is -3.30. The Morgan fingerprint density at radius 2 is 1.83 bits per heavy atom. The fourth-order valence-electron chi connectivity index (χ4n) is 5.46. The summed E-state index contributed by atoms with van der Waals surface area (Å²) in [7, 11) is 1.74. The van der Waals surface area contributed by atoms with Crippen LogP contribution in [0.5, 0.6) is 23.0 Å². The maximum absolute atomic E-state index is 11.0. The van der Waals surface area contributed by atoms with E-state index in [9.17, 15) is 5.11 Å². The molecule has 2 aliphatic heterocycles. The molecule has 3 aromatic rings. The van der Waals surface area contributed by atoms with E-state index in [4.69, 9.17) is 23.7 Å². The number of hydrogen-bond acceptors (Lipinski definition) is 8. The zero-order valence-electron chi connectivity index (χ0n) is 24.1. The van der Waals surface area contributed by atoms with E-state index in [1.165, 1.54) is 0 Å². The van der Waals surface area contributed by atoms with Crippen molar-refractivity contribution in [2.24, 2.45) is 0 Å². The van der Waals surface area contributed by atoms with Crippen LogP contribution in [0.15, 0.2) is 66.7 Å². The van der Waals surface area contributed by atoms with E-state index in [0.29, 0.717) is 32.9 Å². The molecule has 0 aliphatic carbocycles. The van der Waals surface area contributed by atoms with Gasteiger partial charge in [0.05, 0.1) is 37.7 Å². The molecule has 0 aromatic heterocycles. The summed E-state index contributed by atoms with van der Waals surface area (Å²) in [6.07, 6.45) is 1.19. The van der Waals surface area contributed by atoms with Gasteiger partial charge in [-0.05, 0) is 60.4 Å². The Morgan fingerprint density at radius 3 is 2.66 bits per heavy atom. The number of ether oxygens (including phenoxy) is 5. The maximum Gasteiger partial charge on any atom is 0.142 e. The van der Waals surface area contributed by atoms with E-state index < -0.39 is 6.10 Å². The summed E-state index contributed by atoms with van der Waals surface area (Å²) in [5, 5.41) is 14.3. The summed E-state index contributed by atoms with van der Waals surface area (Å²) in [4.78, 5) is 2.36. The monoisotopic (exact) mass is 562 g/mol. The first-order valence-electron chi connectivity index (χ1n) is 14.6. The molecule has 0 amide bonds. The zero-order chi connectivity index (χ0) is 28.4. The normalized spacial score (nSPS) is 20.3. The van der Waals surface area contributed by atoms with Crippen molar-refractivity contribution in [2.45, 2.75) is 44.5 Å². The first-order chi connectivity index (χ1) is 20.1. The molecule has 3 atom stereocenters. The van der Waals surface area contributed by atoms with Gasteiger partial charge in [-0.15, -0.1) is 0 Å². The molecular weight excluding hydrogens is 520 g/mol. The lowest BCUT2D eigenvalue weighted by Crippen LogP contribution is -2.49. The van der Waals surface area contributed by atoms with Gasteiger partial charge in [0, 0.05) is 45.3 Å². The Morgan fingerprint density at radius 1 is 0.976 bits per heavy atom. The minimum atomic E-state index is -0.555. The quantitative estimate of drug-likeness (QED) is 0.278. The number of nitrogens with zero attached hydrogens (tertiary/aromatic N) is 1. The zero-order valence-corrected chi connectivity index (χ0v) is 24.1. The van der Waals surface area contributed by atoms with Crippen LogP contribution < -0.4 is 24.4 Å². The molecule has 2 aliphatic rings. The molecule has 3 aromatic carbocycles. The van der Waals surface area contributed by atoms with Crippen LogP contribution in [0.4, 0.5) is 5.69 Å². The number of piperidine rings is 1. The third-order valence-corrected chi connectivity index (χ3v) is 7.52. The van der Waals surface area contributed by atoms with E-state index in [2.05, 4.69) is 29.3 Å². The predicted octanol–water partition coefficient (Wildman–Crippen LogP) is 5.14. The standard InChI is InChI=1S/C33H42N2O6/c1-3-16-38-27-6-4-7-28(20-27)41-26-11-9-25(10-12-26)33-30(36)21-34-22-32(33)40-23-24-8-13-31-29(19-24)35(15-18-39-31)14-5-17-37-2/h4,6-13,19-20,30,32-34,36H,3,5,14-18,21-23H2,1-2H3/t30-,32+,33+/m1/s1. The van der Waals surface area contributed by atoms with E-state index >= 15 is 0 Å². The lowest BCUT2D eigenvalue weighted by atomic mass is 9.85. The molecule has 0 bridgehead atoms. The van der Waals surface area contributed by atoms with Gasteiger partial charge in [0.25, 0.3) is 0 Å². The van der Waals surface area contributed by atoms with Crippen LogP contribution in [-0.2, 0) is 16.1 Å². The Kier molecular flexibility index (Phi) is 10.4. The van der Waals surface area contributed by atoms with Crippen molar-refractivity contribution in [1.29, 1.82) is 0 Å². The average Bonchev–Trinajstić information content (AvgIpc) is 3.00. The fraction of sp³-hybridized carbons (Fsp3) is 0.455. The summed E-state index contributed by atoms with van der Waals surface area (Å²) >= 11 is 0. The SMILES string of the molecule is CCCOc1cccc(Oc2ccc([C@H]3[C@H](O)CNC[C@@H]3OCc3ccc4c(c3)N(CCCOC)CCO4)cc2)c1. The molecule has 1 fully saturated rings. The maximum atomic E-state index is 11.0. The van der Waals surface area contributed by atoms with Gasteiger partial charge in [-0.3, -0.25) is 0 Å². The second kappa shape index (κ2) is 14.5. The number of rotatable bonds is 13. The summed E-state index contributed by atoms with van der Waals surface area (Å²) in [5.74, 6) is 3.01. The number of benzene rings is 3. The third-order valence-electron chi connectivity index (χ3n) is 7.52. The highest BCUT2D eigenvalue weighted by Gasteiger charge is 2.34. The van der Waals surface area contributed by atoms with Crippen LogP contribution in [0.2, 0.25) is 0 Å². The van der Waals surface area contributed by atoms with E-state index in [1.54, 1.807) is 7.11 Å². The van der Waals surface area contributed by atoms with Gasteiger partial charge in [-0.1, -0.05) is 31.2 Å². The van der Waals surface area contributed by atoms with Crippen LogP contribution in [0.1, 0.15) is 36.8 Å². The topological polar surface area (TPSA) is 81.7 Å². The number of fused-ring (bicyclic) bond motifs is 1.